The summed E-state index contributed by atoms with van der Waals surface area (Å²) in [7, 11) is -3.96. The Balaban J connectivity index is 1.74. The SMILES string of the molecule is O=C(CN(Cc1ccco1)S(=O)(=O)c1ccccc1)N/N=C\c1ccccc1F. The molecule has 2 aromatic carbocycles. The van der Waals surface area contributed by atoms with E-state index in [-0.39, 0.29) is 17.0 Å². The van der Waals surface area contributed by atoms with Gasteiger partial charge in [-0.3, -0.25) is 4.79 Å². The molecular weight excluding hydrogens is 397 g/mol. The van der Waals surface area contributed by atoms with E-state index in [2.05, 4.69) is 10.5 Å². The molecule has 0 spiro atoms. The normalized spacial score (nSPS) is 11.8. The Hall–Kier alpha value is -3.30. The minimum Gasteiger partial charge on any atom is -0.468 e. The van der Waals surface area contributed by atoms with E-state index in [1.165, 1.54) is 36.6 Å². The molecule has 0 fully saturated rings. The molecule has 1 amide bonds. The molecule has 9 heteroatoms. The lowest BCUT2D eigenvalue weighted by molar-refractivity contribution is -0.121. The predicted octanol–water partition coefficient (Wildman–Crippen LogP) is 2.76. The highest BCUT2D eigenvalue weighted by Crippen LogP contribution is 2.18. The second kappa shape index (κ2) is 9.26. The van der Waals surface area contributed by atoms with Crippen LogP contribution in [0.25, 0.3) is 0 Å². The van der Waals surface area contributed by atoms with Gasteiger partial charge >= 0.3 is 0 Å². The van der Waals surface area contributed by atoms with Crippen LogP contribution in [-0.4, -0.2) is 31.4 Å². The topological polar surface area (TPSA) is 92.0 Å². The Morgan fingerprint density at radius 2 is 1.79 bits per heavy atom. The number of nitrogens with one attached hydrogen (secondary N) is 1. The van der Waals surface area contributed by atoms with Crippen molar-refractivity contribution < 1.29 is 22.0 Å². The van der Waals surface area contributed by atoms with Gasteiger partial charge in [-0.1, -0.05) is 36.4 Å². The minimum absolute atomic E-state index is 0.0502. The maximum atomic E-state index is 13.6. The number of nitrogens with zero attached hydrogens (tertiary/aromatic N) is 2. The number of carbonyl (C=O) groups is 1. The number of hydrazone groups is 1. The van der Waals surface area contributed by atoms with Crippen molar-refractivity contribution in [3.63, 3.8) is 0 Å². The molecule has 3 aromatic rings. The lowest BCUT2D eigenvalue weighted by Gasteiger charge is -2.20. The van der Waals surface area contributed by atoms with E-state index in [4.69, 9.17) is 4.42 Å². The van der Waals surface area contributed by atoms with Crippen molar-refractivity contribution in [2.45, 2.75) is 11.4 Å². The van der Waals surface area contributed by atoms with Crippen LogP contribution in [0.5, 0.6) is 0 Å². The molecular formula is C20H18FN3O4S. The van der Waals surface area contributed by atoms with Crippen LogP contribution in [0.1, 0.15) is 11.3 Å². The molecule has 1 aromatic heterocycles. The van der Waals surface area contributed by atoms with Crippen molar-refractivity contribution in [3.8, 4) is 0 Å². The number of rotatable bonds is 8. The summed E-state index contributed by atoms with van der Waals surface area (Å²) in [5, 5.41) is 3.70. The van der Waals surface area contributed by atoms with Crippen LogP contribution in [0.4, 0.5) is 4.39 Å². The number of furan rings is 1. The molecule has 3 rings (SSSR count). The molecule has 0 saturated carbocycles. The van der Waals surface area contributed by atoms with Gasteiger partial charge in [0.15, 0.2) is 0 Å². The second-order valence-corrected chi connectivity index (χ2v) is 7.92. The Morgan fingerprint density at radius 3 is 2.48 bits per heavy atom. The lowest BCUT2D eigenvalue weighted by atomic mass is 10.2. The number of hydrogen-bond donors (Lipinski definition) is 1. The van der Waals surface area contributed by atoms with E-state index in [0.717, 1.165) is 10.5 Å². The maximum Gasteiger partial charge on any atom is 0.255 e. The van der Waals surface area contributed by atoms with Crippen molar-refractivity contribution in [2.24, 2.45) is 5.10 Å². The van der Waals surface area contributed by atoms with Gasteiger partial charge in [0.05, 0.1) is 30.5 Å². The first-order valence-electron chi connectivity index (χ1n) is 8.61. The summed E-state index contributed by atoms with van der Waals surface area (Å²) in [5.74, 6) is -0.785. The summed E-state index contributed by atoms with van der Waals surface area (Å²) in [4.78, 5) is 12.3. The van der Waals surface area contributed by atoms with Crippen LogP contribution in [0, 0.1) is 5.82 Å². The molecule has 1 heterocycles. The summed E-state index contributed by atoms with van der Waals surface area (Å²) < 4.78 is 45.7. The minimum atomic E-state index is -3.96. The van der Waals surface area contributed by atoms with Crippen LogP contribution in [0.2, 0.25) is 0 Å². The Bertz CT molecular complexity index is 1080. The van der Waals surface area contributed by atoms with Crippen LogP contribution in [0.15, 0.2) is 87.4 Å². The van der Waals surface area contributed by atoms with Gasteiger partial charge in [0.2, 0.25) is 10.0 Å². The third kappa shape index (κ3) is 5.37. The Kier molecular flexibility index (Phi) is 6.53. The first kappa shape index (κ1) is 20.4. The Morgan fingerprint density at radius 1 is 1.07 bits per heavy atom. The van der Waals surface area contributed by atoms with Crippen LogP contribution < -0.4 is 5.43 Å². The van der Waals surface area contributed by atoms with Gasteiger partial charge < -0.3 is 4.42 Å². The number of sulfonamides is 1. The van der Waals surface area contributed by atoms with Crippen LogP contribution >= 0.6 is 0 Å². The van der Waals surface area contributed by atoms with E-state index in [1.54, 1.807) is 36.4 Å². The fourth-order valence-electron chi connectivity index (χ4n) is 2.49. The van der Waals surface area contributed by atoms with Gasteiger partial charge in [0, 0.05) is 5.56 Å². The fourth-order valence-corrected chi connectivity index (χ4v) is 3.88. The summed E-state index contributed by atoms with van der Waals surface area (Å²) in [6.07, 6.45) is 2.57. The standard InChI is InChI=1S/C20H18FN3O4S/c21-19-11-5-4-7-16(19)13-22-23-20(25)15-24(14-17-8-6-12-28-17)29(26,27)18-9-2-1-3-10-18/h1-13H,14-15H2,(H,23,25)/b22-13-. The highest BCUT2D eigenvalue weighted by Gasteiger charge is 2.27. The number of amides is 1. The van der Waals surface area contributed by atoms with Gasteiger partial charge in [0.1, 0.15) is 11.6 Å². The molecule has 7 nitrogen and oxygen atoms in total. The molecule has 1 N–H and O–H groups in total. The van der Waals surface area contributed by atoms with E-state index in [1.807, 2.05) is 0 Å². The van der Waals surface area contributed by atoms with E-state index in [9.17, 15) is 17.6 Å². The first-order valence-corrected chi connectivity index (χ1v) is 10.0. The summed E-state index contributed by atoms with van der Waals surface area (Å²) in [6, 6.07) is 16.9. The largest absolute Gasteiger partial charge is 0.468 e. The number of carbonyl (C=O) groups excluding carboxylic acids is 1. The lowest BCUT2D eigenvalue weighted by Crippen LogP contribution is -2.39. The van der Waals surface area contributed by atoms with Gasteiger partial charge in [0.25, 0.3) is 5.91 Å². The van der Waals surface area contributed by atoms with Crippen molar-refractivity contribution in [3.05, 3.63) is 90.1 Å². The monoisotopic (exact) mass is 415 g/mol. The third-order valence-electron chi connectivity index (χ3n) is 3.91. The highest BCUT2D eigenvalue weighted by atomic mass is 32.2. The average Bonchev–Trinajstić information content (AvgIpc) is 3.23. The van der Waals surface area contributed by atoms with Gasteiger partial charge in [-0.05, 0) is 30.3 Å². The summed E-state index contributed by atoms with van der Waals surface area (Å²) >= 11 is 0. The van der Waals surface area contributed by atoms with Crippen molar-refractivity contribution in [1.82, 2.24) is 9.73 Å². The molecule has 29 heavy (non-hydrogen) atoms. The molecule has 0 radical (unpaired) electrons. The van der Waals surface area contributed by atoms with Crippen molar-refractivity contribution in [2.75, 3.05) is 6.54 Å². The first-order chi connectivity index (χ1) is 14.0. The molecule has 0 bridgehead atoms. The highest BCUT2D eigenvalue weighted by molar-refractivity contribution is 7.89. The fraction of sp³-hybridized carbons (Fsp3) is 0.100. The number of halogens is 1. The van der Waals surface area contributed by atoms with Gasteiger partial charge in [-0.2, -0.15) is 9.41 Å². The summed E-state index contributed by atoms with van der Waals surface area (Å²) in [5.41, 5.74) is 2.41. The van der Waals surface area contributed by atoms with Crippen LogP contribution in [0.3, 0.4) is 0 Å². The molecule has 0 unspecified atom stereocenters. The van der Waals surface area contributed by atoms with Crippen molar-refractivity contribution in [1.29, 1.82) is 0 Å². The third-order valence-corrected chi connectivity index (χ3v) is 5.72. The zero-order valence-corrected chi connectivity index (χ0v) is 16.0. The predicted molar refractivity (Wildman–Crippen MR) is 105 cm³/mol. The Labute approximate surface area is 167 Å². The maximum absolute atomic E-state index is 13.6. The quantitative estimate of drug-likeness (QED) is 0.452. The second-order valence-electron chi connectivity index (χ2n) is 5.98. The molecule has 0 atom stereocenters. The average molecular weight is 415 g/mol. The van der Waals surface area contributed by atoms with Gasteiger partial charge in [-0.25, -0.2) is 18.2 Å². The van der Waals surface area contributed by atoms with Gasteiger partial charge in [-0.15, -0.1) is 0 Å². The number of hydrogen-bond acceptors (Lipinski definition) is 5. The van der Waals surface area contributed by atoms with Crippen LogP contribution in [-0.2, 0) is 21.4 Å². The van der Waals surface area contributed by atoms with Crippen molar-refractivity contribution >= 4 is 22.1 Å². The zero-order valence-electron chi connectivity index (χ0n) is 15.2. The molecule has 0 aliphatic carbocycles. The molecule has 0 aliphatic rings. The molecule has 0 aliphatic heterocycles. The van der Waals surface area contributed by atoms with E-state index >= 15 is 0 Å². The number of benzene rings is 2. The van der Waals surface area contributed by atoms with E-state index in [0.29, 0.717) is 5.76 Å². The molecule has 0 saturated heterocycles. The van der Waals surface area contributed by atoms with E-state index < -0.39 is 28.3 Å². The smallest absolute Gasteiger partial charge is 0.255 e. The molecule has 150 valence electrons. The summed E-state index contributed by atoms with van der Waals surface area (Å²) in [6.45, 7) is -0.624. The zero-order chi connectivity index (χ0) is 20.7.